The van der Waals surface area contributed by atoms with Crippen molar-refractivity contribution in [3.05, 3.63) is 65.5 Å². The van der Waals surface area contributed by atoms with E-state index in [0.717, 1.165) is 5.56 Å². The van der Waals surface area contributed by atoms with E-state index in [0.29, 0.717) is 44.5 Å². The number of ketones is 1. The lowest BCUT2D eigenvalue weighted by Crippen LogP contribution is -2.47. The minimum atomic E-state index is -0.521. The maximum absolute atomic E-state index is 13.8. The van der Waals surface area contributed by atoms with Crippen molar-refractivity contribution < 1.29 is 23.5 Å². The average molecular weight is 426 g/mol. The highest BCUT2D eigenvalue weighted by atomic mass is 19.1. The number of carbonyl (C=O) groups excluding carboxylic acids is 3. The smallest absolute Gasteiger partial charge is 0.258 e. The third-order valence-corrected chi connectivity index (χ3v) is 5.31. The number of hydrogen-bond acceptors (Lipinski definition) is 4. The summed E-state index contributed by atoms with van der Waals surface area (Å²) in [6, 6.07) is 13.3. The molecule has 1 saturated heterocycles. The lowest BCUT2D eigenvalue weighted by Gasteiger charge is -2.32. The largest absolute Gasteiger partial charge is 0.484 e. The van der Waals surface area contributed by atoms with Gasteiger partial charge in [0.15, 0.2) is 6.61 Å². The second kappa shape index (κ2) is 10.7. The van der Waals surface area contributed by atoms with Crippen molar-refractivity contribution in [2.75, 3.05) is 19.7 Å². The molecule has 6 nitrogen and oxygen atoms in total. The zero-order chi connectivity index (χ0) is 22.2. The normalized spacial score (nSPS) is 14.2. The van der Waals surface area contributed by atoms with Gasteiger partial charge < -0.3 is 19.7 Å². The highest BCUT2D eigenvalue weighted by Gasteiger charge is 2.26. The predicted octanol–water partition coefficient (Wildman–Crippen LogP) is 3.15. The fourth-order valence-electron chi connectivity index (χ4n) is 3.52. The number of ether oxygens (including phenoxy) is 1. The number of halogens is 1. The van der Waals surface area contributed by atoms with Gasteiger partial charge in [-0.25, -0.2) is 4.39 Å². The van der Waals surface area contributed by atoms with Gasteiger partial charge >= 0.3 is 0 Å². The van der Waals surface area contributed by atoms with Gasteiger partial charge in [0.05, 0.1) is 5.56 Å². The first-order chi connectivity index (χ1) is 14.9. The number of piperidine rings is 1. The zero-order valence-corrected chi connectivity index (χ0v) is 17.6. The van der Waals surface area contributed by atoms with Crippen LogP contribution in [0.2, 0.25) is 0 Å². The Morgan fingerprint density at radius 1 is 1.06 bits per heavy atom. The number of hydrogen-bond donors (Lipinski definition) is 1. The summed E-state index contributed by atoms with van der Waals surface area (Å²) in [4.78, 5) is 37.3. The van der Waals surface area contributed by atoms with Crippen LogP contribution >= 0.6 is 0 Å². The number of Topliss-reactive ketones (excluding diaryl/α,β-unsaturated/α-hetero) is 1. The van der Waals surface area contributed by atoms with Crippen LogP contribution in [0.3, 0.4) is 0 Å². The van der Waals surface area contributed by atoms with Crippen LogP contribution in [-0.4, -0.2) is 48.2 Å². The Labute approximate surface area is 181 Å². The molecule has 0 saturated carbocycles. The van der Waals surface area contributed by atoms with E-state index >= 15 is 0 Å². The lowest BCUT2D eigenvalue weighted by molar-refractivity contribution is -0.124. The van der Waals surface area contributed by atoms with Gasteiger partial charge in [0, 0.05) is 25.6 Å². The van der Waals surface area contributed by atoms with E-state index in [2.05, 4.69) is 5.32 Å². The molecule has 0 aliphatic carbocycles. The Balaban J connectivity index is 1.39. The second-order valence-electron chi connectivity index (χ2n) is 7.75. The van der Waals surface area contributed by atoms with E-state index in [1.807, 2.05) is 12.1 Å². The molecule has 0 spiro atoms. The second-order valence-corrected chi connectivity index (χ2v) is 7.75. The van der Waals surface area contributed by atoms with Crippen LogP contribution in [0.25, 0.3) is 0 Å². The minimum Gasteiger partial charge on any atom is -0.484 e. The molecule has 2 aromatic rings. The van der Waals surface area contributed by atoms with Crippen LogP contribution in [0.4, 0.5) is 4.39 Å². The van der Waals surface area contributed by atoms with E-state index in [1.54, 1.807) is 36.1 Å². The van der Waals surface area contributed by atoms with Gasteiger partial charge in [0.25, 0.3) is 11.8 Å². The Morgan fingerprint density at radius 2 is 1.74 bits per heavy atom. The maximum Gasteiger partial charge on any atom is 0.258 e. The fourth-order valence-corrected chi connectivity index (χ4v) is 3.52. The summed E-state index contributed by atoms with van der Waals surface area (Å²) in [6.07, 6.45) is 2.41. The summed E-state index contributed by atoms with van der Waals surface area (Å²) < 4.78 is 19.4. The molecule has 0 bridgehead atoms. The average Bonchev–Trinajstić information content (AvgIpc) is 2.77. The van der Waals surface area contributed by atoms with Crippen LogP contribution in [0.1, 0.15) is 42.1 Å². The molecule has 2 aromatic carbocycles. The molecule has 0 radical (unpaired) electrons. The van der Waals surface area contributed by atoms with Gasteiger partial charge in [-0.1, -0.05) is 24.3 Å². The van der Waals surface area contributed by atoms with Gasteiger partial charge in [0.2, 0.25) is 0 Å². The van der Waals surface area contributed by atoms with Crippen molar-refractivity contribution in [1.29, 1.82) is 0 Å². The molecule has 0 atom stereocenters. The summed E-state index contributed by atoms with van der Waals surface area (Å²) >= 11 is 0. The van der Waals surface area contributed by atoms with Gasteiger partial charge in [0.1, 0.15) is 17.3 Å². The molecule has 3 rings (SSSR count). The summed E-state index contributed by atoms with van der Waals surface area (Å²) in [5.74, 6) is -0.323. The number of rotatable bonds is 8. The maximum atomic E-state index is 13.8. The van der Waals surface area contributed by atoms with Gasteiger partial charge in [-0.2, -0.15) is 0 Å². The van der Waals surface area contributed by atoms with E-state index in [1.165, 1.54) is 12.1 Å². The number of carbonyl (C=O) groups is 3. The molecule has 0 aromatic heterocycles. The quantitative estimate of drug-likeness (QED) is 0.704. The Morgan fingerprint density at radius 3 is 2.39 bits per heavy atom. The molecule has 31 heavy (non-hydrogen) atoms. The number of amides is 2. The number of likely N-dealkylation sites (tertiary alicyclic amines) is 1. The molecular formula is C24H27FN2O4. The highest BCUT2D eigenvalue weighted by molar-refractivity contribution is 5.94. The molecule has 2 amide bonds. The van der Waals surface area contributed by atoms with Crippen LogP contribution in [0.5, 0.6) is 5.75 Å². The zero-order valence-electron chi connectivity index (χ0n) is 17.6. The summed E-state index contributed by atoms with van der Waals surface area (Å²) in [5.41, 5.74) is 1.12. The van der Waals surface area contributed by atoms with Gasteiger partial charge in [-0.3, -0.25) is 9.59 Å². The van der Waals surface area contributed by atoms with E-state index in [-0.39, 0.29) is 35.8 Å². The topological polar surface area (TPSA) is 75.7 Å². The van der Waals surface area contributed by atoms with Crippen LogP contribution in [0, 0.1) is 5.82 Å². The number of nitrogens with zero attached hydrogens (tertiary/aromatic N) is 1. The third-order valence-electron chi connectivity index (χ3n) is 5.31. The first-order valence-corrected chi connectivity index (χ1v) is 10.5. The van der Waals surface area contributed by atoms with Crippen molar-refractivity contribution in [1.82, 2.24) is 10.2 Å². The number of aryl methyl sites for hydroxylation is 1. The molecular weight excluding hydrogens is 399 g/mol. The highest BCUT2D eigenvalue weighted by Crippen LogP contribution is 2.17. The minimum absolute atomic E-state index is 0.0465. The molecule has 164 valence electrons. The Hall–Kier alpha value is -3.22. The lowest BCUT2D eigenvalue weighted by atomic mass is 10.0. The number of nitrogens with one attached hydrogen (secondary N) is 1. The number of benzene rings is 2. The standard InChI is InChI=1S/C24H27FN2O4/c1-17(28)6-7-18-8-10-20(11-9-18)31-16-23(29)26-19-12-14-27(15-13-19)24(30)21-4-2-3-5-22(21)25/h2-5,8-11,19H,6-7,12-16H2,1H3,(H,26,29). The summed E-state index contributed by atoms with van der Waals surface area (Å²) in [6.45, 7) is 2.39. The molecule has 1 N–H and O–H groups in total. The van der Waals surface area contributed by atoms with Gasteiger partial charge in [-0.15, -0.1) is 0 Å². The van der Waals surface area contributed by atoms with Crippen molar-refractivity contribution in [2.45, 2.75) is 38.6 Å². The Bertz CT molecular complexity index is 921. The molecule has 0 unspecified atom stereocenters. The molecule has 7 heteroatoms. The van der Waals surface area contributed by atoms with Crippen molar-refractivity contribution in [3.63, 3.8) is 0 Å². The molecule has 1 fully saturated rings. The van der Waals surface area contributed by atoms with E-state index in [4.69, 9.17) is 4.74 Å². The van der Waals surface area contributed by atoms with Crippen molar-refractivity contribution in [3.8, 4) is 5.75 Å². The SMILES string of the molecule is CC(=O)CCc1ccc(OCC(=O)NC2CCN(C(=O)c3ccccc3F)CC2)cc1. The van der Waals surface area contributed by atoms with Crippen LogP contribution < -0.4 is 10.1 Å². The Kier molecular flexibility index (Phi) is 7.76. The monoisotopic (exact) mass is 426 g/mol. The summed E-state index contributed by atoms with van der Waals surface area (Å²) in [5, 5.41) is 2.93. The molecule has 1 heterocycles. The van der Waals surface area contributed by atoms with Crippen LogP contribution in [0.15, 0.2) is 48.5 Å². The predicted molar refractivity (Wildman–Crippen MR) is 114 cm³/mol. The summed E-state index contributed by atoms with van der Waals surface area (Å²) in [7, 11) is 0. The van der Waals surface area contributed by atoms with Crippen molar-refractivity contribution in [2.24, 2.45) is 0 Å². The molecule has 1 aliphatic rings. The fraction of sp³-hybridized carbons (Fsp3) is 0.375. The van der Waals surface area contributed by atoms with Gasteiger partial charge in [-0.05, 0) is 56.0 Å². The third kappa shape index (κ3) is 6.64. The first-order valence-electron chi connectivity index (χ1n) is 10.5. The molecule has 1 aliphatic heterocycles. The van der Waals surface area contributed by atoms with E-state index < -0.39 is 5.82 Å². The van der Waals surface area contributed by atoms with Crippen molar-refractivity contribution >= 4 is 17.6 Å². The van der Waals surface area contributed by atoms with E-state index in [9.17, 15) is 18.8 Å². The first kappa shape index (κ1) is 22.5. The van der Waals surface area contributed by atoms with Crippen LogP contribution in [-0.2, 0) is 16.0 Å².